The van der Waals surface area contributed by atoms with Crippen LogP contribution in [0.5, 0.6) is 0 Å². The summed E-state index contributed by atoms with van der Waals surface area (Å²) in [5, 5.41) is 0. The van der Waals surface area contributed by atoms with Crippen LogP contribution in [-0.4, -0.2) is 9.97 Å². The molecule has 0 spiro atoms. The predicted molar refractivity (Wildman–Crippen MR) is 54.9 cm³/mol. The lowest BCUT2D eigenvalue weighted by molar-refractivity contribution is 0.761. The first-order chi connectivity index (χ1) is 6.83. The molecule has 3 nitrogen and oxygen atoms in total. The van der Waals surface area contributed by atoms with Crippen molar-refractivity contribution < 1.29 is 0 Å². The van der Waals surface area contributed by atoms with Crippen molar-refractivity contribution in [1.29, 1.82) is 0 Å². The zero-order valence-electron chi connectivity index (χ0n) is 8.29. The Morgan fingerprint density at radius 1 is 1.21 bits per heavy atom. The van der Waals surface area contributed by atoms with Crippen molar-refractivity contribution in [2.75, 3.05) is 5.73 Å². The molecule has 1 fully saturated rings. The second kappa shape index (κ2) is 2.94. The summed E-state index contributed by atoms with van der Waals surface area (Å²) in [6.45, 7) is 0. The van der Waals surface area contributed by atoms with Gasteiger partial charge < -0.3 is 5.73 Å². The molecule has 0 amide bonds. The largest absolute Gasteiger partial charge is 0.383 e. The highest BCUT2D eigenvalue weighted by molar-refractivity contribution is 5.44. The minimum absolute atomic E-state index is 0.739. The maximum Gasteiger partial charge on any atom is 0.131 e. The summed E-state index contributed by atoms with van der Waals surface area (Å²) >= 11 is 0. The van der Waals surface area contributed by atoms with Crippen molar-refractivity contribution in [3.8, 4) is 0 Å². The van der Waals surface area contributed by atoms with Gasteiger partial charge in [0.25, 0.3) is 0 Å². The van der Waals surface area contributed by atoms with Gasteiger partial charge in [-0.25, -0.2) is 9.97 Å². The second-order valence-corrected chi connectivity index (χ2v) is 4.45. The lowest BCUT2D eigenvalue weighted by atomic mass is 10.2. The fourth-order valence-electron chi connectivity index (χ4n) is 2.19. The van der Waals surface area contributed by atoms with Crippen LogP contribution in [0.4, 0.5) is 5.82 Å². The van der Waals surface area contributed by atoms with E-state index in [1.165, 1.54) is 30.5 Å². The van der Waals surface area contributed by atoms with Crippen LogP contribution in [0.2, 0.25) is 0 Å². The smallest absolute Gasteiger partial charge is 0.131 e. The molecule has 0 unspecified atom stereocenters. The van der Waals surface area contributed by atoms with Gasteiger partial charge in [-0.05, 0) is 38.0 Å². The van der Waals surface area contributed by atoms with Gasteiger partial charge in [-0.3, -0.25) is 0 Å². The summed E-state index contributed by atoms with van der Waals surface area (Å²) in [4.78, 5) is 8.99. The van der Waals surface area contributed by atoms with Crippen molar-refractivity contribution in [3.63, 3.8) is 0 Å². The van der Waals surface area contributed by atoms with Gasteiger partial charge in [-0.1, -0.05) is 0 Å². The SMILES string of the molecule is Nc1nc(CC2CC2)nc2c1CCC2. The Kier molecular flexibility index (Phi) is 1.72. The number of aromatic nitrogens is 2. The first-order valence-electron chi connectivity index (χ1n) is 5.47. The Balaban J connectivity index is 1.94. The van der Waals surface area contributed by atoms with E-state index in [1.807, 2.05) is 0 Å². The Bertz CT molecular complexity index is 369. The molecular weight excluding hydrogens is 174 g/mol. The predicted octanol–water partition coefficient (Wildman–Crippen LogP) is 1.50. The van der Waals surface area contributed by atoms with Crippen molar-refractivity contribution >= 4 is 5.82 Å². The third kappa shape index (κ3) is 1.37. The molecule has 0 atom stereocenters. The van der Waals surface area contributed by atoms with E-state index >= 15 is 0 Å². The van der Waals surface area contributed by atoms with Gasteiger partial charge in [-0.2, -0.15) is 0 Å². The van der Waals surface area contributed by atoms with Crippen LogP contribution in [-0.2, 0) is 19.3 Å². The van der Waals surface area contributed by atoms with Crippen LogP contribution in [0.1, 0.15) is 36.3 Å². The number of nitrogens with zero attached hydrogens (tertiary/aromatic N) is 2. The van der Waals surface area contributed by atoms with Crippen LogP contribution in [0.25, 0.3) is 0 Å². The Labute approximate surface area is 83.8 Å². The second-order valence-electron chi connectivity index (χ2n) is 4.45. The number of nitrogens with two attached hydrogens (primary N) is 1. The Morgan fingerprint density at radius 3 is 2.86 bits per heavy atom. The molecule has 0 aromatic carbocycles. The molecule has 0 aliphatic heterocycles. The molecule has 0 saturated heterocycles. The van der Waals surface area contributed by atoms with Gasteiger partial charge in [0.15, 0.2) is 0 Å². The summed E-state index contributed by atoms with van der Waals surface area (Å²) in [5.74, 6) is 2.56. The Hall–Kier alpha value is -1.12. The van der Waals surface area contributed by atoms with Gasteiger partial charge in [-0.15, -0.1) is 0 Å². The van der Waals surface area contributed by atoms with Gasteiger partial charge >= 0.3 is 0 Å². The van der Waals surface area contributed by atoms with Crippen molar-refractivity contribution in [2.45, 2.75) is 38.5 Å². The van der Waals surface area contributed by atoms with E-state index in [1.54, 1.807) is 0 Å². The Morgan fingerprint density at radius 2 is 2.07 bits per heavy atom. The number of hydrogen-bond acceptors (Lipinski definition) is 3. The fraction of sp³-hybridized carbons (Fsp3) is 0.636. The van der Waals surface area contributed by atoms with Crippen LogP contribution >= 0.6 is 0 Å². The highest BCUT2D eigenvalue weighted by Crippen LogP contribution is 2.33. The van der Waals surface area contributed by atoms with E-state index in [-0.39, 0.29) is 0 Å². The molecule has 2 aliphatic carbocycles. The molecule has 1 aromatic heterocycles. The van der Waals surface area contributed by atoms with E-state index in [0.29, 0.717) is 0 Å². The third-order valence-electron chi connectivity index (χ3n) is 3.18. The fourth-order valence-corrected chi connectivity index (χ4v) is 2.19. The third-order valence-corrected chi connectivity index (χ3v) is 3.18. The molecular formula is C11H15N3. The van der Waals surface area contributed by atoms with Crippen LogP contribution in [0.3, 0.4) is 0 Å². The highest BCUT2D eigenvalue weighted by Gasteiger charge is 2.24. The van der Waals surface area contributed by atoms with Gasteiger partial charge in [0, 0.05) is 17.7 Å². The molecule has 2 N–H and O–H groups in total. The van der Waals surface area contributed by atoms with Gasteiger partial charge in [0.05, 0.1) is 0 Å². The summed E-state index contributed by atoms with van der Waals surface area (Å²) in [6.07, 6.45) is 7.10. The molecule has 1 aromatic rings. The molecule has 1 heterocycles. The monoisotopic (exact) mass is 189 g/mol. The van der Waals surface area contributed by atoms with E-state index < -0.39 is 0 Å². The molecule has 0 bridgehead atoms. The molecule has 74 valence electrons. The van der Waals surface area contributed by atoms with E-state index in [0.717, 1.165) is 36.8 Å². The number of fused-ring (bicyclic) bond motifs is 1. The minimum Gasteiger partial charge on any atom is -0.383 e. The standard InChI is InChI=1S/C11H15N3/c12-11-8-2-1-3-9(8)13-10(14-11)6-7-4-5-7/h7H,1-6H2,(H2,12,13,14). The average Bonchev–Trinajstić information content (AvgIpc) is 2.82. The number of rotatable bonds is 2. The van der Waals surface area contributed by atoms with E-state index in [2.05, 4.69) is 9.97 Å². The normalized spacial score (nSPS) is 19.7. The van der Waals surface area contributed by atoms with Crippen LogP contribution in [0.15, 0.2) is 0 Å². The maximum absolute atomic E-state index is 5.92. The summed E-state index contributed by atoms with van der Waals surface area (Å²) in [6, 6.07) is 0. The van der Waals surface area contributed by atoms with Gasteiger partial charge in [0.1, 0.15) is 11.6 Å². The minimum atomic E-state index is 0.739. The van der Waals surface area contributed by atoms with Crippen molar-refractivity contribution in [1.82, 2.24) is 9.97 Å². The lowest BCUT2D eigenvalue weighted by Gasteiger charge is -2.05. The molecule has 0 radical (unpaired) electrons. The summed E-state index contributed by atoms with van der Waals surface area (Å²) < 4.78 is 0. The lowest BCUT2D eigenvalue weighted by Crippen LogP contribution is -2.06. The zero-order chi connectivity index (χ0) is 9.54. The zero-order valence-corrected chi connectivity index (χ0v) is 8.29. The van der Waals surface area contributed by atoms with E-state index in [9.17, 15) is 0 Å². The number of hydrogen-bond donors (Lipinski definition) is 1. The topological polar surface area (TPSA) is 51.8 Å². The first-order valence-corrected chi connectivity index (χ1v) is 5.47. The quantitative estimate of drug-likeness (QED) is 0.767. The molecule has 1 saturated carbocycles. The summed E-state index contributed by atoms with van der Waals surface area (Å²) in [5.41, 5.74) is 8.35. The molecule has 3 heteroatoms. The van der Waals surface area contributed by atoms with Gasteiger partial charge in [0.2, 0.25) is 0 Å². The molecule has 2 aliphatic rings. The maximum atomic E-state index is 5.92. The number of aryl methyl sites for hydroxylation is 1. The van der Waals surface area contributed by atoms with Crippen LogP contribution in [0, 0.1) is 5.92 Å². The number of nitrogen functional groups attached to an aromatic ring is 1. The molecule has 14 heavy (non-hydrogen) atoms. The first kappa shape index (κ1) is 8.21. The van der Waals surface area contributed by atoms with E-state index in [4.69, 9.17) is 5.73 Å². The molecule has 3 rings (SSSR count). The average molecular weight is 189 g/mol. The highest BCUT2D eigenvalue weighted by atomic mass is 15.0. The number of anilines is 1. The van der Waals surface area contributed by atoms with Crippen molar-refractivity contribution in [3.05, 3.63) is 17.1 Å². The summed E-state index contributed by atoms with van der Waals surface area (Å²) in [7, 11) is 0. The van der Waals surface area contributed by atoms with Crippen LogP contribution < -0.4 is 5.73 Å². The van der Waals surface area contributed by atoms with Crippen molar-refractivity contribution in [2.24, 2.45) is 5.92 Å².